The molecule has 5 heteroatoms. The maximum absolute atomic E-state index is 13.0. The molecule has 0 saturated carbocycles. The van der Waals surface area contributed by atoms with Crippen molar-refractivity contribution in [3.63, 3.8) is 0 Å². The molecular weight excluding hydrogens is 392 g/mol. The second-order valence-electron chi connectivity index (χ2n) is 7.67. The van der Waals surface area contributed by atoms with Gasteiger partial charge in [0.1, 0.15) is 0 Å². The third-order valence-electron chi connectivity index (χ3n) is 5.56. The Morgan fingerprint density at radius 2 is 1.67 bits per heavy atom. The first-order valence-electron chi connectivity index (χ1n) is 10.4. The van der Waals surface area contributed by atoms with Crippen LogP contribution in [0.1, 0.15) is 41.7 Å². The summed E-state index contributed by atoms with van der Waals surface area (Å²) in [6.45, 7) is 3.70. The molecule has 1 saturated heterocycles. The molecule has 3 aromatic rings. The minimum Gasteiger partial charge on any atom is -0.345 e. The molecule has 4 nitrogen and oxygen atoms in total. The van der Waals surface area contributed by atoms with E-state index in [1.54, 1.807) is 0 Å². The van der Waals surface area contributed by atoms with E-state index in [1.807, 2.05) is 48.2 Å². The number of carbonyl (C=O) groups is 2. The molecule has 1 aliphatic rings. The van der Waals surface area contributed by atoms with Gasteiger partial charge in [0.25, 0.3) is 5.91 Å². The largest absolute Gasteiger partial charge is 0.345 e. The smallest absolute Gasteiger partial charge is 0.252 e. The molecule has 0 radical (unpaired) electrons. The van der Waals surface area contributed by atoms with Crippen molar-refractivity contribution in [3.05, 3.63) is 77.9 Å². The fraction of sp³-hybridized carbons (Fsp3) is 0.280. The van der Waals surface area contributed by atoms with E-state index in [-0.39, 0.29) is 17.9 Å². The van der Waals surface area contributed by atoms with Crippen LogP contribution in [0, 0.1) is 0 Å². The fourth-order valence-electron chi connectivity index (χ4n) is 3.81. The molecule has 1 aliphatic heterocycles. The monoisotopic (exact) mass is 418 g/mol. The Balaban J connectivity index is 1.44. The van der Waals surface area contributed by atoms with E-state index >= 15 is 0 Å². The molecule has 1 N–H and O–H groups in total. The number of hydrogen-bond acceptors (Lipinski definition) is 3. The standard InChI is InChI=1S/C25H26N2O2S/c1-18(20-13-12-19-8-2-3-9-21(19)16-20)26-25(29)22-10-4-5-11-23(22)30-17-24(28)27-14-6-7-15-27/h2-5,8-13,16,18H,6-7,14-15,17H2,1H3,(H,26,29). The molecule has 1 heterocycles. The summed E-state index contributed by atoms with van der Waals surface area (Å²) in [5.41, 5.74) is 1.68. The molecule has 0 spiro atoms. The van der Waals surface area contributed by atoms with E-state index in [0.29, 0.717) is 11.3 Å². The van der Waals surface area contributed by atoms with Gasteiger partial charge in [-0.05, 0) is 54.3 Å². The lowest BCUT2D eigenvalue weighted by Crippen LogP contribution is -2.29. The van der Waals surface area contributed by atoms with Gasteiger partial charge in [0.05, 0.1) is 17.4 Å². The fourth-order valence-corrected chi connectivity index (χ4v) is 4.76. The molecule has 0 bridgehead atoms. The number of thioether (sulfide) groups is 1. The Labute approximate surface area is 181 Å². The summed E-state index contributed by atoms with van der Waals surface area (Å²) >= 11 is 1.44. The Morgan fingerprint density at radius 1 is 0.967 bits per heavy atom. The first-order chi connectivity index (χ1) is 14.6. The van der Waals surface area contributed by atoms with Gasteiger partial charge < -0.3 is 10.2 Å². The van der Waals surface area contributed by atoms with Crippen LogP contribution in [0.15, 0.2) is 71.6 Å². The van der Waals surface area contributed by atoms with Crippen molar-refractivity contribution < 1.29 is 9.59 Å². The molecule has 30 heavy (non-hydrogen) atoms. The number of likely N-dealkylation sites (tertiary alicyclic amines) is 1. The van der Waals surface area contributed by atoms with E-state index in [9.17, 15) is 9.59 Å². The topological polar surface area (TPSA) is 49.4 Å². The average molecular weight is 419 g/mol. The zero-order chi connectivity index (χ0) is 20.9. The van der Waals surface area contributed by atoms with E-state index < -0.39 is 0 Å². The van der Waals surface area contributed by atoms with Crippen LogP contribution >= 0.6 is 11.8 Å². The van der Waals surface area contributed by atoms with Crippen molar-refractivity contribution in [1.29, 1.82) is 0 Å². The zero-order valence-corrected chi connectivity index (χ0v) is 18.0. The van der Waals surface area contributed by atoms with Gasteiger partial charge in [0, 0.05) is 18.0 Å². The lowest BCUT2D eigenvalue weighted by atomic mass is 10.0. The number of amides is 2. The lowest BCUT2D eigenvalue weighted by molar-refractivity contribution is -0.127. The van der Waals surface area contributed by atoms with Crippen LogP contribution in [-0.2, 0) is 4.79 Å². The summed E-state index contributed by atoms with van der Waals surface area (Å²) in [5, 5.41) is 5.46. The second-order valence-corrected chi connectivity index (χ2v) is 8.69. The predicted molar refractivity (Wildman–Crippen MR) is 123 cm³/mol. The molecule has 1 unspecified atom stereocenters. The number of nitrogens with zero attached hydrogens (tertiary/aromatic N) is 1. The van der Waals surface area contributed by atoms with Crippen molar-refractivity contribution in [3.8, 4) is 0 Å². The second kappa shape index (κ2) is 9.35. The van der Waals surface area contributed by atoms with Gasteiger partial charge in [-0.25, -0.2) is 0 Å². The summed E-state index contributed by atoms with van der Waals surface area (Å²) in [5.74, 6) is 0.398. The summed E-state index contributed by atoms with van der Waals surface area (Å²) in [6, 6.07) is 21.9. The molecule has 0 aromatic heterocycles. The van der Waals surface area contributed by atoms with Gasteiger partial charge in [-0.3, -0.25) is 9.59 Å². The van der Waals surface area contributed by atoms with Crippen LogP contribution in [0.25, 0.3) is 10.8 Å². The lowest BCUT2D eigenvalue weighted by Gasteiger charge is -2.17. The molecule has 2 amide bonds. The maximum Gasteiger partial charge on any atom is 0.252 e. The van der Waals surface area contributed by atoms with Crippen LogP contribution in [0.2, 0.25) is 0 Å². The van der Waals surface area contributed by atoms with E-state index in [2.05, 4.69) is 35.6 Å². The number of benzene rings is 3. The van der Waals surface area contributed by atoms with Gasteiger partial charge in [0.2, 0.25) is 5.91 Å². The van der Waals surface area contributed by atoms with Gasteiger partial charge >= 0.3 is 0 Å². The van der Waals surface area contributed by atoms with Crippen molar-refractivity contribution in [2.24, 2.45) is 0 Å². The Kier molecular flexibility index (Phi) is 6.38. The summed E-state index contributed by atoms with van der Waals surface area (Å²) < 4.78 is 0. The van der Waals surface area contributed by atoms with Gasteiger partial charge in [-0.15, -0.1) is 11.8 Å². The highest BCUT2D eigenvalue weighted by atomic mass is 32.2. The third-order valence-corrected chi connectivity index (χ3v) is 6.62. The highest BCUT2D eigenvalue weighted by molar-refractivity contribution is 8.00. The van der Waals surface area contributed by atoms with Crippen molar-refractivity contribution in [2.75, 3.05) is 18.8 Å². The van der Waals surface area contributed by atoms with Crippen LogP contribution < -0.4 is 5.32 Å². The maximum atomic E-state index is 13.0. The number of fused-ring (bicyclic) bond motifs is 1. The van der Waals surface area contributed by atoms with Crippen molar-refractivity contribution in [1.82, 2.24) is 10.2 Å². The van der Waals surface area contributed by atoms with Crippen LogP contribution in [0.4, 0.5) is 0 Å². The third kappa shape index (κ3) is 4.68. The van der Waals surface area contributed by atoms with Crippen LogP contribution in [0.3, 0.4) is 0 Å². The Morgan fingerprint density at radius 3 is 2.47 bits per heavy atom. The highest BCUT2D eigenvalue weighted by Gasteiger charge is 2.20. The number of rotatable bonds is 6. The number of carbonyl (C=O) groups excluding carboxylic acids is 2. The first kappa shape index (κ1) is 20.5. The molecular formula is C25H26N2O2S. The average Bonchev–Trinajstić information content (AvgIpc) is 3.32. The minimum absolute atomic E-state index is 0.118. The van der Waals surface area contributed by atoms with E-state index in [0.717, 1.165) is 41.8 Å². The molecule has 3 aromatic carbocycles. The predicted octanol–water partition coefficient (Wildman–Crippen LogP) is 5.05. The van der Waals surface area contributed by atoms with Gasteiger partial charge in [-0.1, -0.05) is 48.5 Å². The molecule has 0 aliphatic carbocycles. The molecule has 154 valence electrons. The molecule has 1 atom stereocenters. The highest BCUT2D eigenvalue weighted by Crippen LogP contribution is 2.25. The summed E-state index contributed by atoms with van der Waals surface area (Å²) in [7, 11) is 0. The van der Waals surface area contributed by atoms with Gasteiger partial charge in [0.15, 0.2) is 0 Å². The quantitative estimate of drug-likeness (QED) is 0.570. The number of hydrogen-bond donors (Lipinski definition) is 1. The summed E-state index contributed by atoms with van der Waals surface area (Å²) in [4.78, 5) is 28.1. The normalized spacial score (nSPS) is 14.6. The zero-order valence-electron chi connectivity index (χ0n) is 17.1. The first-order valence-corrected chi connectivity index (χ1v) is 11.4. The number of nitrogens with one attached hydrogen (secondary N) is 1. The minimum atomic E-state index is -0.119. The van der Waals surface area contributed by atoms with E-state index in [4.69, 9.17) is 0 Å². The van der Waals surface area contributed by atoms with Crippen LogP contribution in [-0.4, -0.2) is 35.6 Å². The van der Waals surface area contributed by atoms with E-state index in [1.165, 1.54) is 17.1 Å². The van der Waals surface area contributed by atoms with Crippen LogP contribution in [0.5, 0.6) is 0 Å². The van der Waals surface area contributed by atoms with Crippen molar-refractivity contribution in [2.45, 2.75) is 30.7 Å². The van der Waals surface area contributed by atoms with Crippen molar-refractivity contribution >= 4 is 34.3 Å². The summed E-state index contributed by atoms with van der Waals surface area (Å²) in [6.07, 6.45) is 2.17. The molecule has 1 fully saturated rings. The van der Waals surface area contributed by atoms with Gasteiger partial charge in [-0.2, -0.15) is 0 Å². The Bertz CT molecular complexity index is 1060. The Hall–Kier alpha value is -2.79. The molecule has 4 rings (SSSR count). The SMILES string of the molecule is CC(NC(=O)c1ccccc1SCC(=O)N1CCCC1)c1ccc2ccccc2c1.